The zero-order valence-corrected chi connectivity index (χ0v) is 11.2. The van der Waals surface area contributed by atoms with Crippen LogP contribution in [-0.2, 0) is 0 Å². The van der Waals surface area contributed by atoms with Crippen molar-refractivity contribution in [3.05, 3.63) is 0 Å². The fourth-order valence-corrected chi connectivity index (χ4v) is 2.02. The van der Waals surface area contributed by atoms with Gasteiger partial charge in [0, 0.05) is 0 Å². The summed E-state index contributed by atoms with van der Waals surface area (Å²) in [7, 11) is 0. The third-order valence-corrected chi connectivity index (χ3v) is 3.43. The summed E-state index contributed by atoms with van der Waals surface area (Å²) in [5.74, 6) is -0.0409. The van der Waals surface area contributed by atoms with Crippen LogP contribution >= 0.6 is 12.6 Å². The molecule has 0 aromatic rings. The monoisotopic (exact) mass is 296 g/mol. The van der Waals surface area contributed by atoms with Crippen molar-refractivity contribution in [2.24, 2.45) is 11.3 Å². The predicted octanol–water partition coefficient (Wildman–Crippen LogP) is 5.24. The molecule has 18 heavy (non-hydrogen) atoms. The quantitative estimate of drug-likeness (QED) is 0.386. The second kappa shape index (κ2) is 6.39. The normalized spacial score (nSPS) is 15.8. The lowest BCUT2D eigenvalue weighted by atomic mass is 9.78. The molecule has 0 aliphatic rings. The molecular formula is C11H18F6S. The number of hydrogen-bond donors (Lipinski definition) is 1. The molecule has 0 fully saturated rings. The van der Waals surface area contributed by atoms with Crippen molar-refractivity contribution >= 4 is 12.6 Å². The van der Waals surface area contributed by atoms with E-state index in [4.69, 9.17) is 0 Å². The first-order chi connectivity index (χ1) is 7.95. The maximum atomic E-state index is 12.6. The maximum absolute atomic E-state index is 12.6. The van der Waals surface area contributed by atoms with Crippen LogP contribution in [0.25, 0.3) is 0 Å². The van der Waals surface area contributed by atoms with Crippen molar-refractivity contribution in [1.29, 1.82) is 0 Å². The maximum Gasteiger partial charge on any atom is 0.402 e. The van der Waals surface area contributed by atoms with Crippen molar-refractivity contribution in [2.75, 3.05) is 5.75 Å². The Bertz CT molecular complexity index is 231. The number of halogens is 6. The molecule has 1 unspecified atom stereocenters. The Morgan fingerprint density at radius 1 is 0.944 bits per heavy atom. The molecule has 0 saturated carbocycles. The molecule has 0 amide bonds. The molecule has 0 spiro atoms. The molecule has 0 radical (unpaired) electrons. The van der Waals surface area contributed by atoms with Gasteiger partial charge < -0.3 is 0 Å². The Labute approximate surface area is 109 Å². The summed E-state index contributed by atoms with van der Waals surface area (Å²) in [5.41, 5.74) is -3.62. The molecular weight excluding hydrogens is 278 g/mol. The van der Waals surface area contributed by atoms with Crippen LogP contribution in [0.15, 0.2) is 0 Å². The first kappa shape index (κ1) is 17.9. The molecule has 0 saturated heterocycles. The molecule has 0 aromatic heterocycles. The Hall–Kier alpha value is -0.0700. The van der Waals surface area contributed by atoms with Crippen LogP contribution in [0.4, 0.5) is 26.3 Å². The molecule has 0 N–H and O–H groups in total. The first-order valence-corrected chi connectivity index (χ1v) is 6.33. The summed E-state index contributed by atoms with van der Waals surface area (Å²) in [6.45, 7) is 1.66. The van der Waals surface area contributed by atoms with Gasteiger partial charge in [0.05, 0.1) is 0 Å². The molecule has 1 atom stereocenters. The van der Waals surface area contributed by atoms with Crippen LogP contribution in [-0.4, -0.2) is 18.1 Å². The molecule has 0 aromatic carbocycles. The average molecular weight is 296 g/mol. The van der Waals surface area contributed by atoms with E-state index < -0.39 is 30.1 Å². The van der Waals surface area contributed by atoms with Crippen molar-refractivity contribution in [2.45, 2.75) is 51.9 Å². The van der Waals surface area contributed by atoms with Crippen LogP contribution in [0.3, 0.4) is 0 Å². The molecule has 0 bridgehead atoms. The lowest BCUT2D eigenvalue weighted by Crippen LogP contribution is -2.48. The Kier molecular flexibility index (Phi) is 6.36. The van der Waals surface area contributed by atoms with Crippen LogP contribution < -0.4 is 0 Å². The Morgan fingerprint density at radius 3 is 1.72 bits per heavy atom. The second-order valence-electron chi connectivity index (χ2n) is 4.86. The average Bonchev–Trinajstić information content (AvgIpc) is 2.14. The third-order valence-electron chi connectivity index (χ3n) is 3.11. The lowest BCUT2D eigenvalue weighted by Gasteiger charge is -2.36. The largest absolute Gasteiger partial charge is 0.402 e. The van der Waals surface area contributed by atoms with Gasteiger partial charge in [-0.2, -0.15) is 39.0 Å². The zero-order chi connectivity index (χ0) is 14.6. The fraction of sp³-hybridized carbons (Fsp3) is 1.00. The molecule has 7 heteroatoms. The molecule has 0 aliphatic carbocycles. The smallest absolute Gasteiger partial charge is 0.179 e. The minimum absolute atomic E-state index is 0.238. The highest BCUT2D eigenvalue weighted by molar-refractivity contribution is 7.80. The van der Waals surface area contributed by atoms with E-state index in [0.29, 0.717) is 25.0 Å². The standard InChI is InChI=1S/C11H18F6S/c1-8(5-3-4-6-18)7-9(2,10(12,13)14)11(15,16)17/h8,18H,3-7H2,1-2H3. The summed E-state index contributed by atoms with van der Waals surface area (Å²) in [6, 6.07) is 0. The number of alkyl halides is 6. The third kappa shape index (κ3) is 4.55. The van der Waals surface area contributed by atoms with E-state index in [1.807, 2.05) is 0 Å². The SMILES string of the molecule is CC(CCCCS)CC(C)(C(F)(F)F)C(F)(F)F. The van der Waals surface area contributed by atoms with E-state index in [9.17, 15) is 26.3 Å². The highest BCUT2D eigenvalue weighted by Crippen LogP contribution is 2.53. The van der Waals surface area contributed by atoms with E-state index in [-0.39, 0.29) is 6.92 Å². The van der Waals surface area contributed by atoms with Crippen LogP contribution in [0.1, 0.15) is 39.5 Å². The van der Waals surface area contributed by atoms with E-state index >= 15 is 0 Å². The van der Waals surface area contributed by atoms with Crippen molar-refractivity contribution < 1.29 is 26.3 Å². The molecule has 110 valence electrons. The molecule has 0 nitrogen and oxygen atoms in total. The zero-order valence-electron chi connectivity index (χ0n) is 10.3. The van der Waals surface area contributed by atoms with Gasteiger partial charge in [0.2, 0.25) is 0 Å². The lowest BCUT2D eigenvalue weighted by molar-refractivity contribution is -0.339. The minimum atomic E-state index is -5.27. The molecule has 0 heterocycles. The number of unbranched alkanes of at least 4 members (excludes halogenated alkanes) is 1. The predicted molar refractivity (Wildman–Crippen MR) is 61.7 cm³/mol. The van der Waals surface area contributed by atoms with Crippen molar-refractivity contribution in [1.82, 2.24) is 0 Å². The summed E-state index contributed by atoms with van der Waals surface area (Å²) in [6.07, 6.45) is -9.83. The summed E-state index contributed by atoms with van der Waals surface area (Å²) in [5, 5.41) is 0. The van der Waals surface area contributed by atoms with Gasteiger partial charge in [-0.1, -0.05) is 19.8 Å². The summed E-state index contributed by atoms with van der Waals surface area (Å²) < 4.78 is 75.7. The summed E-state index contributed by atoms with van der Waals surface area (Å²) >= 11 is 3.94. The number of hydrogen-bond acceptors (Lipinski definition) is 1. The van der Waals surface area contributed by atoms with Gasteiger partial charge in [-0.25, -0.2) is 0 Å². The van der Waals surface area contributed by atoms with Crippen LogP contribution in [0, 0.1) is 11.3 Å². The first-order valence-electron chi connectivity index (χ1n) is 5.70. The molecule has 0 aliphatic heterocycles. The van der Waals surface area contributed by atoms with E-state index in [0.717, 1.165) is 0 Å². The van der Waals surface area contributed by atoms with E-state index in [1.165, 1.54) is 6.92 Å². The van der Waals surface area contributed by atoms with Gasteiger partial charge >= 0.3 is 12.4 Å². The number of thiol groups is 1. The topological polar surface area (TPSA) is 0 Å². The highest BCUT2D eigenvalue weighted by Gasteiger charge is 2.67. The van der Waals surface area contributed by atoms with Gasteiger partial charge in [-0.05, 0) is 31.4 Å². The van der Waals surface area contributed by atoms with Gasteiger partial charge in [0.15, 0.2) is 5.41 Å². The van der Waals surface area contributed by atoms with Gasteiger partial charge in [0.1, 0.15) is 0 Å². The Balaban J connectivity index is 4.73. The summed E-state index contributed by atoms with van der Waals surface area (Å²) in [4.78, 5) is 0. The minimum Gasteiger partial charge on any atom is -0.179 e. The van der Waals surface area contributed by atoms with Crippen LogP contribution in [0.5, 0.6) is 0 Å². The van der Waals surface area contributed by atoms with Gasteiger partial charge in [-0.15, -0.1) is 0 Å². The fourth-order valence-electron chi connectivity index (χ4n) is 1.80. The van der Waals surface area contributed by atoms with Crippen molar-refractivity contribution in [3.63, 3.8) is 0 Å². The van der Waals surface area contributed by atoms with Crippen molar-refractivity contribution in [3.8, 4) is 0 Å². The van der Waals surface area contributed by atoms with E-state index in [1.54, 1.807) is 0 Å². The van der Waals surface area contributed by atoms with E-state index in [2.05, 4.69) is 12.6 Å². The molecule has 0 rings (SSSR count). The Morgan fingerprint density at radius 2 is 1.39 bits per heavy atom. The second-order valence-corrected chi connectivity index (χ2v) is 5.30. The van der Waals surface area contributed by atoms with Gasteiger partial charge in [0.25, 0.3) is 0 Å². The van der Waals surface area contributed by atoms with Crippen LogP contribution in [0.2, 0.25) is 0 Å². The highest BCUT2D eigenvalue weighted by atomic mass is 32.1. The number of rotatable bonds is 6. The van der Waals surface area contributed by atoms with Gasteiger partial charge in [-0.3, -0.25) is 0 Å².